The summed E-state index contributed by atoms with van der Waals surface area (Å²) in [6.07, 6.45) is 0. The summed E-state index contributed by atoms with van der Waals surface area (Å²) in [5.74, 6) is -0.796. The highest BCUT2D eigenvalue weighted by Crippen LogP contribution is 2.19. The van der Waals surface area contributed by atoms with E-state index in [-0.39, 0.29) is 5.91 Å². The van der Waals surface area contributed by atoms with E-state index in [9.17, 15) is 9.59 Å². The molecule has 116 valence electrons. The largest absolute Gasteiger partial charge is 0.350 e. The van der Waals surface area contributed by atoms with Crippen molar-refractivity contribution in [3.63, 3.8) is 0 Å². The lowest BCUT2D eigenvalue weighted by molar-refractivity contribution is 0.0844. The van der Waals surface area contributed by atoms with Crippen molar-refractivity contribution >= 4 is 34.3 Å². The van der Waals surface area contributed by atoms with E-state index in [0.717, 1.165) is 16.5 Å². The van der Waals surface area contributed by atoms with E-state index < -0.39 is 5.91 Å². The van der Waals surface area contributed by atoms with Crippen LogP contribution in [0.4, 0.5) is 0 Å². The van der Waals surface area contributed by atoms with Gasteiger partial charge in [0.1, 0.15) is 5.69 Å². The number of hydrazine groups is 1. The number of carbonyl (C=O) groups excluding carboxylic acids is 2. The fourth-order valence-electron chi connectivity index (χ4n) is 2.30. The Hall–Kier alpha value is -2.79. The second-order valence-corrected chi connectivity index (χ2v) is 5.57. The maximum absolute atomic E-state index is 12.1. The Morgan fingerprint density at radius 2 is 1.74 bits per heavy atom. The van der Waals surface area contributed by atoms with Crippen LogP contribution < -0.4 is 10.9 Å². The van der Waals surface area contributed by atoms with Crippen LogP contribution in [0.15, 0.2) is 48.5 Å². The number of rotatable bonds is 2. The molecule has 0 unspecified atom stereocenters. The topological polar surface area (TPSA) is 74.0 Å². The van der Waals surface area contributed by atoms with Gasteiger partial charge in [-0.25, -0.2) is 0 Å². The molecule has 0 aliphatic heterocycles. The Kier molecular flexibility index (Phi) is 4.04. The first-order valence-corrected chi connectivity index (χ1v) is 7.37. The monoisotopic (exact) mass is 327 g/mol. The zero-order valence-electron chi connectivity index (χ0n) is 12.3. The third-order valence-electron chi connectivity index (χ3n) is 3.51. The standard InChI is InChI=1S/C17H14ClN3O2/c1-10-4-2-3-5-13(10)16(22)20-21-17(23)15-9-11-8-12(18)6-7-14(11)19-15/h2-9,19H,1H3,(H,20,22)(H,21,23). The first kappa shape index (κ1) is 15.1. The van der Waals surface area contributed by atoms with Gasteiger partial charge in [0.05, 0.1) is 0 Å². The molecule has 2 amide bonds. The summed E-state index contributed by atoms with van der Waals surface area (Å²) in [4.78, 5) is 27.2. The molecule has 1 aromatic heterocycles. The Bertz CT molecular complexity index is 902. The molecule has 6 heteroatoms. The normalized spacial score (nSPS) is 10.5. The van der Waals surface area contributed by atoms with Crippen LogP contribution in [0.25, 0.3) is 10.9 Å². The van der Waals surface area contributed by atoms with Gasteiger partial charge >= 0.3 is 0 Å². The van der Waals surface area contributed by atoms with Crippen molar-refractivity contribution in [3.8, 4) is 0 Å². The van der Waals surface area contributed by atoms with Crippen LogP contribution >= 0.6 is 11.6 Å². The molecule has 0 aliphatic carbocycles. The van der Waals surface area contributed by atoms with E-state index in [4.69, 9.17) is 11.6 Å². The molecule has 1 heterocycles. The van der Waals surface area contributed by atoms with Crippen molar-refractivity contribution < 1.29 is 9.59 Å². The number of hydrogen-bond acceptors (Lipinski definition) is 2. The molecule has 0 atom stereocenters. The molecule has 3 rings (SSSR count). The Labute approximate surface area is 137 Å². The number of halogens is 1. The van der Waals surface area contributed by atoms with Crippen molar-refractivity contribution in [2.45, 2.75) is 6.92 Å². The van der Waals surface area contributed by atoms with Gasteiger partial charge in [0.15, 0.2) is 0 Å². The third-order valence-corrected chi connectivity index (χ3v) is 3.74. The quantitative estimate of drug-likeness (QED) is 0.632. The molecule has 0 spiro atoms. The summed E-state index contributed by atoms with van der Waals surface area (Å²) in [7, 11) is 0. The molecule has 0 radical (unpaired) electrons. The highest BCUT2D eigenvalue weighted by molar-refractivity contribution is 6.31. The second-order valence-electron chi connectivity index (χ2n) is 5.14. The van der Waals surface area contributed by atoms with Gasteiger partial charge in [0.25, 0.3) is 11.8 Å². The predicted octanol–water partition coefficient (Wildman–Crippen LogP) is 3.20. The number of benzene rings is 2. The van der Waals surface area contributed by atoms with Crippen molar-refractivity contribution in [3.05, 3.63) is 70.4 Å². The minimum atomic E-state index is -0.431. The Morgan fingerprint density at radius 1 is 1.00 bits per heavy atom. The van der Waals surface area contributed by atoms with Gasteiger partial charge in [-0.1, -0.05) is 29.8 Å². The number of aromatic amines is 1. The van der Waals surface area contributed by atoms with Crippen LogP contribution in [0, 0.1) is 6.92 Å². The number of fused-ring (bicyclic) bond motifs is 1. The van der Waals surface area contributed by atoms with Crippen LogP contribution in [-0.4, -0.2) is 16.8 Å². The molecule has 5 nitrogen and oxygen atoms in total. The molecular weight excluding hydrogens is 314 g/mol. The van der Waals surface area contributed by atoms with Crippen LogP contribution in [0.5, 0.6) is 0 Å². The smallest absolute Gasteiger partial charge is 0.286 e. The van der Waals surface area contributed by atoms with Crippen molar-refractivity contribution in [1.29, 1.82) is 0 Å². The van der Waals surface area contributed by atoms with Gasteiger partial charge in [-0.05, 0) is 42.8 Å². The van der Waals surface area contributed by atoms with Gasteiger partial charge in [-0.2, -0.15) is 0 Å². The SMILES string of the molecule is Cc1ccccc1C(=O)NNC(=O)c1cc2cc(Cl)ccc2[nH]1. The number of aromatic nitrogens is 1. The fraction of sp³-hybridized carbons (Fsp3) is 0.0588. The first-order chi connectivity index (χ1) is 11.0. The lowest BCUT2D eigenvalue weighted by Gasteiger charge is -2.08. The summed E-state index contributed by atoms with van der Waals surface area (Å²) in [5, 5.41) is 1.42. The molecule has 0 bridgehead atoms. The number of amides is 2. The summed E-state index contributed by atoms with van der Waals surface area (Å²) in [6, 6.07) is 14.1. The summed E-state index contributed by atoms with van der Waals surface area (Å²) >= 11 is 5.92. The van der Waals surface area contributed by atoms with E-state index in [1.807, 2.05) is 19.1 Å². The lowest BCUT2D eigenvalue weighted by Crippen LogP contribution is -2.42. The van der Waals surface area contributed by atoms with E-state index in [1.54, 1.807) is 36.4 Å². The van der Waals surface area contributed by atoms with Crippen molar-refractivity contribution in [1.82, 2.24) is 15.8 Å². The number of aryl methyl sites for hydroxylation is 1. The minimum absolute atomic E-state index is 0.340. The van der Waals surface area contributed by atoms with Crippen LogP contribution in [-0.2, 0) is 0 Å². The first-order valence-electron chi connectivity index (χ1n) is 6.99. The predicted molar refractivity (Wildman–Crippen MR) is 89.4 cm³/mol. The van der Waals surface area contributed by atoms with Gasteiger partial charge in [0, 0.05) is 21.5 Å². The van der Waals surface area contributed by atoms with E-state index in [1.165, 1.54) is 0 Å². The zero-order valence-corrected chi connectivity index (χ0v) is 13.1. The molecule has 2 aromatic carbocycles. The molecule has 0 saturated heterocycles. The molecule has 23 heavy (non-hydrogen) atoms. The van der Waals surface area contributed by atoms with Crippen molar-refractivity contribution in [2.75, 3.05) is 0 Å². The zero-order chi connectivity index (χ0) is 16.4. The summed E-state index contributed by atoms with van der Waals surface area (Å²) in [5.41, 5.74) is 7.29. The molecular formula is C17H14ClN3O2. The molecule has 0 fully saturated rings. The number of carbonyl (C=O) groups is 2. The Morgan fingerprint density at radius 3 is 2.52 bits per heavy atom. The molecule has 3 aromatic rings. The maximum atomic E-state index is 12.1. The van der Waals surface area contributed by atoms with Crippen LogP contribution in [0.2, 0.25) is 5.02 Å². The average Bonchev–Trinajstić information content (AvgIpc) is 2.95. The minimum Gasteiger partial charge on any atom is -0.350 e. The summed E-state index contributed by atoms with van der Waals surface area (Å²) in [6.45, 7) is 1.83. The van der Waals surface area contributed by atoms with Gasteiger partial charge < -0.3 is 4.98 Å². The number of H-pyrrole nitrogens is 1. The van der Waals surface area contributed by atoms with Gasteiger partial charge in [0.2, 0.25) is 0 Å². The Balaban J connectivity index is 1.71. The lowest BCUT2D eigenvalue weighted by atomic mass is 10.1. The number of hydrogen-bond donors (Lipinski definition) is 3. The number of nitrogens with one attached hydrogen (secondary N) is 3. The van der Waals surface area contributed by atoms with Crippen LogP contribution in [0.1, 0.15) is 26.4 Å². The maximum Gasteiger partial charge on any atom is 0.286 e. The van der Waals surface area contributed by atoms with E-state index in [0.29, 0.717) is 16.3 Å². The molecule has 0 saturated carbocycles. The van der Waals surface area contributed by atoms with E-state index in [2.05, 4.69) is 15.8 Å². The van der Waals surface area contributed by atoms with Gasteiger partial charge in [-0.15, -0.1) is 0 Å². The van der Waals surface area contributed by atoms with E-state index >= 15 is 0 Å². The molecule has 0 aliphatic rings. The summed E-state index contributed by atoms with van der Waals surface area (Å²) < 4.78 is 0. The second kappa shape index (κ2) is 6.14. The van der Waals surface area contributed by atoms with Crippen LogP contribution in [0.3, 0.4) is 0 Å². The van der Waals surface area contributed by atoms with Crippen molar-refractivity contribution in [2.24, 2.45) is 0 Å². The highest BCUT2D eigenvalue weighted by atomic mass is 35.5. The molecule has 3 N–H and O–H groups in total. The third kappa shape index (κ3) is 3.19. The highest BCUT2D eigenvalue weighted by Gasteiger charge is 2.12. The van der Waals surface area contributed by atoms with Gasteiger partial charge in [-0.3, -0.25) is 20.4 Å². The average molecular weight is 328 g/mol. The fourth-order valence-corrected chi connectivity index (χ4v) is 2.48.